The Morgan fingerprint density at radius 1 is 1.39 bits per heavy atom. The van der Waals surface area contributed by atoms with Crippen LogP contribution in [0.1, 0.15) is 30.9 Å². The van der Waals surface area contributed by atoms with Gasteiger partial charge in [0.1, 0.15) is 5.82 Å². The van der Waals surface area contributed by atoms with Crippen molar-refractivity contribution in [2.75, 3.05) is 7.05 Å². The van der Waals surface area contributed by atoms with Crippen LogP contribution in [0, 0.1) is 6.92 Å². The summed E-state index contributed by atoms with van der Waals surface area (Å²) in [4.78, 5) is 10.7. The summed E-state index contributed by atoms with van der Waals surface area (Å²) in [5.74, 6) is 2.38. The molecular weight excluding hydrogens is 230 g/mol. The highest BCUT2D eigenvalue weighted by Crippen LogP contribution is 2.06. The Labute approximate surface area is 107 Å². The molecule has 2 heterocycles. The van der Waals surface area contributed by atoms with Crippen molar-refractivity contribution >= 4 is 0 Å². The Hall–Kier alpha value is -1.69. The molecule has 0 aliphatic carbocycles. The summed E-state index contributed by atoms with van der Waals surface area (Å²) in [6.07, 6.45) is 4.97. The molecular formula is C12H19N5O. The first-order valence-electron chi connectivity index (χ1n) is 6.16. The second kappa shape index (κ2) is 5.77. The van der Waals surface area contributed by atoms with Crippen LogP contribution in [0.15, 0.2) is 16.9 Å². The van der Waals surface area contributed by atoms with Crippen molar-refractivity contribution in [2.45, 2.75) is 39.9 Å². The minimum absolute atomic E-state index is 0.639. The molecule has 0 radical (unpaired) electrons. The minimum Gasteiger partial charge on any atom is -0.338 e. The number of nitrogens with zero attached hydrogens (tertiary/aromatic N) is 5. The van der Waals surface area contributed by atoms with Gasteiger partial charge in [-0.1, -0.05) is 12.1 Å². The first-order chi connectivity index (χ1) is 8.69. The van der Waals surface area contributed by atoms with Crippen LogP contribution in [0.25, 0.3) is 0 Å². The van der Waals surface area contributed by atoms with Gasteiger partial charge in [-0.15, -0.1) is 0 Å². The van der Waals surface area contributed by atoms with Crippen LogP contribution < -0.4 is 0 Å². The number of imidazole rings is 1. The molecule has 0 saturated heterocycles. The number of rotatable bonds is 6. The summed E-state index contributed by atoms with van der Waals surface area (Å²) in [5, 5.41) is 3.78. The summed E-state index contributed by atoms with van der Waals surface area (Å²) >= 11 is 0. The van der Waals surface area contributed by atoms with Crippen LogP contribution in [-0.2, 0) is 19.6 Å². The van der Waals surface area contributed by atoms with E-state index in [0.29, 0.717) is 18.3 Å². The first-order valence-corrected chi connectivity index (χ1v) is 6.16. The van der Waals surface area contributed by atoms with Gasteiger partial charge in [0.2, 0.25) is 5.89 Å². The third-order valence-electron chi connectivity index (χ3n) is 2.65. The van der Waals surface area contributed by atoms with Gasteiger partial charge in [0.25, 0.3) is 0 Å². The fourth-order valence-electron chi connectivity index (χ4n) is 1.87. The highest BCUT2D eigenvalue weighted by Gasteiger charge is 2.10. The molecule has 0 fully saturated rings. The molecule has 2 rings (SSSR count). The summed E-state index contributed by atoms with van der Waals surface area (Å²) in [7, 11) is 2.02. The highest BCUT2D eigenvalue weighted by molar-refractivity contribution is 4.92. The zero-order valence-electron chi connectivity index (χ0n) is 11.1. The fourth-order valence-corrected chi connectivity index (χ4v) is 1.87. The van der Waals surface area contributed by atoms with Gasteiger partial charge in [0.05, 0.1) is 13.1 Å². The van der Waals surface area contributed by atoms with Crippen molar-refractivity contribution < 1.29 is 4.52 Å². The smallest absolute Gasteiger partial charge is 0.240 e. The average Bonchev–Trinajstić information content (AvgIpc) is 2.90. The van der Waals surface area contributed by atoms with Crippen molar-refractivity contribution in [1.82, 2.24) is 24.6 Å². The number of hydrogen-bond acceptors (Lipinski definition) is 5. The van der Waals surface area contributed by atoms with Crippen molar-refractivity contribution in [2.24, 2.45) is 0 Å². The van der Waals surface area contributed by atoms with Crippen LogP contribution in [0.5, 0.6) is 0 Å². The SMILES string of the molecule is CCCn1ccnc1CN(C)Cc1nc(C)no1. The predicted molar refractivity (Wildman–Crippen MR) is 66.7 cm³/mol. The van der Waals surface area contributed by atoms with E-state index in [2.05, 4.69) is 31.5 Å². The molecule has 0 spiro atoms. The van der Waals surface area contributed by atoms with Crippen LogP contribution >= 0.6 is 0 Å². The molecule has 0 atom stereocenters. The Morgan fingerprint density at radius 3 is 2.89 bits per heavy atom. The Kier molecular flexibility index (Phi) is 4.09. The Balaban J connectivity index is 1.94. The van der Waals surface area contributed by atoms with E-state index < -0.39 is 0 Å². The Morgan fingerprint density at radius 2 is 2.22 bits per heavy atom. The third kappa shape index (κ3) is 3.16. The molecule has 0 aliphatic rings. The molecule has 18 heavy (non-hydrogen) atoms. The standard InChI is InChI=1S/C12H19N5O/c1-4-6-17-7-5-13-11(17)8-16(3)9-12-14-10(2)15-18-12/h5,7H,4,6,8-9H2,1-3H3. The topological polar surface area (TPSA) is 60.0 Å². The molecule has 0 amide bonds. The van der Waals surface area contributed by atoms with E-state index in [4.69, 9.17) is 4.52 Å². The lowest BCUT2D eigenvalue weighted by Crippen LogP contribution is -2.20. The summed E-state index contributed by atoms with van der Waals surface area (Å²) < 4.78 is 7.28. The molecule has 6 heteroatoms. The average molecular weight is 249 g/mol. The van der Waals surface area contributed by atoms with Gasteiger partial charge >= 0.3 is 0 Å². The van der Waals surface area contributed by atoms with Crippen LogP contribution in [-0.4, -0.2) is 31.6 Å². The molecule has 2 aromatic heterocycles. The van der Waals surface area contributed by atoms with Crippen molar-refractivity contribution in [3.8, 4) is 0 Å². The largest absolute Gasteiger partial charge is 0.338 e. The summed E-state index contributed by atoms with van der Waals surface area (Å²) in [6, 6.07) is 0. The summed E-state index contributed by atoms with van der Waals surface area (Å²) in [5.41, 5.74) is 0. The zero-order chi connectivity index (χ0) is 13.0. The lowest BCUT2D eigenvalue weighted by Gasteiger charge is -2.14. The van der Waals surface area contributed by atoms with E-state index in [1.54, 1.807) is 0 Å². The molecule has 0 bridgehead atoms. The zero-order valence-corrected chi connectivity index (χ0v) is 11.1. The maximum atomic E-state index is 5.10. The lowest BCUT2D eigenvalue weighted by atomic mass is 10.4. The quantitative estimate of drug-likeness (QED) is 0.778. The predicted octanol–water partition coefficient (Wildman–Crippen LogP) is 1.62. The molecule has 0 aromatic carbocycles. The normalized spacial score (nSPS) is 11.3. The second-order valence-corrected chi connectivity index (χ2v) is 4.44. The molecule has 98 valence electrons. The maximum Gasteiger partial charge on any atom is 0.240 e. The van der Waals surface area contributed by atoms with Gasteiger partial charge in [-0.3, -0.25) is 4.90 Å². The minimum atomic E-state index is 0.639. The van der Waals surface area contributed by atoms with Crippen molar-refractivity contribution in [3.05, 3.63) is 29.9 Å². The molecule has 0 saturated carbocycles. The van der Waals surface area contributed by atoms with E-state index in [9.17, 15) is 0 Å². The van der Waals surface area contributed by atoms with E-state index in [1.807, 2.05) is 26.4 Å². The van der Waals surface area contributed by atoms with Crippen LogP contribution in [0.3, 0.4) is 0 Å². The number of hydrogen-bond donors (Lipinski definition) is 0. The fraction of sp³-hybridized carbons (Fsp3) is 0.583. The first kappa shape index (κ1) is 12.8. The molecule has 6 nitrogen and oxygen atoms in total. The van der Waals surface area contributed by atoms with Gasteiger partial charge < -0.3 is 9.09 Å². The van der Waals surface area contributed by atoms with E-state index in [1.165, 1.54) is 0 Å². The molecule has 0 aliphatic heterocycles. The summed E-state index contributed by atoms with van der Waals surface area (Å²) in [6.45, 7) is 6.40. The third-order valence-corrected chi connectivity index (χ3v) is 2.65. The monoisotopic (exact) mass is 249 g/mol. The van der Waals surface area contributed by atoms with Gasteiger partial charge in [-0.2, -0.15) is 4.98 Å². The van der Waals surface area contributed by atoms with E-state index in [-0.39, 0.29) is 0 Å². The number of aryl methyl sites for hydroxylation is 2. The molecule has 0 unspecified atom stereocenters. The van der Waals surface area contributed by atoms with Crippen LogP contribution in [0.2, 0.25) is 0 Å². The van der Waals surface area contributed by atoms with Gasteiger partial charge in [-0.05, 0) is 20.4 Å². The Bertz CT molecular complexity index is 490. The van der Waals surface area contributed by atoms with Crippen LogP contribution in [0.4, 0.5) is 0 Å². The van der Waals surface area contributed by atoms with E-state index >= 15 is 0 Å². The number of aromatic nitrogens is 4. The highest BCUT2D eigenvalue weighted by atomic mass is 16.5. The second-order valence-electron chi connectivity index (χ2n) is 4.44. The maximum absolute atomic E-state index is 5.10. The van der Waals surface area contributed by atoms with E-state index in [0.717, 1.165) is 25.3 Å². The van der Waals surface area contributed by atoms with Gasteiger partial charge in [-0.25, -0.2) is 4.98 Å². The molecule has 0 N–H and O–H groups in total. The molecule has 2 aromatic rings. The van der Waals surface area contributed by atoms with Crippen molar-refractivity contribution in [1.29, 1.82) is 0 Å². The van der Waals surface area contributed by atoms with Crippen molar-refractivity contribution in [3.63, 3.8) is 0 Å². The lowest BCUT2D eigenvalue weighted by molar-refractivity contribution is 0.252. The van der Waals surface area contributed by atoms with Gasteiger partial charge in [0.15, 0.2) is 5.82 Å². The van der Waals surface area contributed by atoms with Gasteiger partial charge in [0, 0.05) is 18.9 Å².